The molecule has 0 saturated carbocycles. The second-order valence-corrected chi connectivity index (χ2v) is 14.9. The summed E-state index contributed by atoms with van der Waals surface area (Å²) in [5.41, 5.74) is 2.26. The number of ether oxygens (including phenoxy) is 3. The minimum atomic E-state index is -1.41. The van der Waals surface area contributed by atoms with Crippen molar-refractivity contribution >= 4 is 39.6 Å². The van der Waals surface area contributed by atoms with Crippen molar-refractivity contribution in [2.45, 2.75) is 121 Å². The molecule has 4 aliphatic heterocycles. The molecule has 0 spiro atoms. The van der Waals surface area contributed by atoms with Gasteiger partial charge in [0.2, 0.25) is 0 Å². The summed E-state index contributed by atoms with van der Waals surface area (Å²) in [5, 5.41) is 32.1. The summed E-state index contributed by atoms with van der Waals surface area (Å²) < 4.78 is 18.1. The third kappa shape index (κ3) is 5.71. The number of aromatic nitrogens is 4. The molecule has 2 unspecified atom stereocenters. The number of hydrogen-bond acceptors (Lipinski definition) is 11. The zero-order valence-corrected chi connectivity index (χ0v) is 29.7. The minimum absolute atomic E-state index is 0.0532. The third-order valence-corrected chi connectivity index (χ3v) is 11.2. The second-order valence-electron chi connectivity index (χ2n) is 14.9. The van der Waals surface area contributed by atoms with Crippen molar-refractivity contribution in [3.63, 3.8) is 0 Å². The summed E-state index contributed by atoms with van der Waals surface area (Å²) in [6.45, 7) is 11.9. The molecule has 2 saturated heterocycles. The van der Waals surface area contributed by atoms with E-state index in [0.717, 1.165) is 11.1 Å². The van der Waals surface area contributed by atoms with Gasteiger partial charge in [0.1, 0.15) is 40.5 Å². The first-order valence-electron chi connectivity index (χ1n) is 17.3. The first-order chi connectivity index (χ1) is 24.0. The molecule has 13 nitrogen and oxygen atoms in total. The van der Waals surface area contributed by atoms with E-state index in [2.05, 4.69) is 9.97 Å². The number of Topliss-reactive ketones (excluding diaryl/α,β-unsaturated/α-hetero) is 2. The fraction of sp³-hybridized carbons (Fsp3) is 0.500. The summed E-state index contributed by atoms with van der Waals surface area (Å²) >= 11 is 0. The number of H-pyrrole nitrogens is 2. The van der Waals surface area contributed by atoms with E-state index in [4.69, 9.17) is 24.2 Å². The van der Waals surface area contributed by atoms with Crippen LogP contribution in [-0.4, -0.2) is 102 Å². The SMILES string of the molecule is CC(=O)O[C@@H]1C[C@@H](O)[C@@H](C)O[C@H]1C1(C)C(=O)c2cc3[nH]c(cc4nc(cc5cc(C)c(cc1n2)[nH]5)C(=O)C4(C)[C@@H]1O[C@H](C)[C@H](O)C[C@H]1O)cc3C. The smallest absolute Gasteiger partial charge is 0.302 e. The molecular weight excluding hydrogens is 656 g/mol. The van der Waals surface area contributed by atoms with E-state index in [-0.39, 0.29) is 35.8 Å². The number of ketones is 2. The van der Waals surface area contributed by atoms with Gasteiger partial charge in [-0.2, -0.15) is 0 Å². The number of aryl methyl sites for hydroxylation is 2. The molecule has 3 aromatic heterocycles. The summed E-state index contributed by atoms with van der Waals surface area (Å²) in [7, 11) is 0. The van der Waals surface area contributed by atoms with Gasteiger partial charge in [-0.25, -0.2) is 9.97 Å². The standard InChI is InChI=1S/C38H44N4O9/c1-16-9-22-11-31-37(6,35-29(46)14-27(44)18(3)49-35)33(47)25(41-31)10-21-8-17(2)24(39-21)13-32-38(7,34(48)26(42-32)12-23(16)40-22)36-30(51-20(5)43)15-28(45)19(4)50-36/h8-13,18-19,27-30,35-36,39-40,44-46H,14-15H2,1-7H3/t18-,19-,27-,28-,29-,30-,35-,36-,37?,38?/m1/s1. The zero-order chi connectivity index (χ0) is 36.7. The van der Waals surface area contributed by atoms with Gasteiger partial charge in [0.15, 0.2) is 11.6 Å². The Morgan fingerprint density at radius 2 is 1.24 bits per heavy atom. The molecule has 270 valence electrons. The largest absolute Gasteiger partial charge is 0.460 e. The Morgan fingerprint density at radius 3 is 1.84 bits per heavy atom. The molecular formula is C38H44N4O9. The number of carbonyl (C=O) groups excluding carboxylic acids is 3. The van der Waals surface area contributed by atoms with Crippen LogP contribution in [0, 0.1) is 13.8 Å². The Labute approximate surface area is 294 Å². The van der Waals surface area contributed by atoms with Crippen LogP contribution in [0.3, 0.4) is 0 Å². The van der Waals surface area contributed by atoms with Gasteiger partial charge in [0.25, 0.3) is 0 Å². The normalized spacial score (nSPS) is 34.1. The van der Waals surface area contributed by atoms with E-state index in [1.54, 1.807) is 52.0 Å². The predicted molar refractivity (Wildman–Crippen MR) is 185 cm³/mol. The Balaban J connectivity index is 1.46. The molecule has 0 aromatic carbocycles. The number of aromatic amines is 2. The van der Waals surface area contributed by atoms with E-state index in [1.165, 1.54) is 6.92 Å². The van der Waals surface area contributed by atoms with E-state index < -0.39 is 65.6 Å². The molecule has 4 aliphatic rings. The predicted octanol–water partition coefficient (Wildman–Crippen LogP) is 3.58. The molecule has 5 N–H and O–H groups in total. The molecule has 7 rings (SSSR count). The van der Waals surface area contributed by atoms with Crippen LogP contribution in [0.1, 0.15) is 91.0 Å². The Kier molecular flexibility index (Phi) is 8.58. The van der Waals surface area contributed by atoms with Crippen molar-refractivity contribution < 1.29 is 43.9 Å². The molecule has 51 heavy (non-hydrogen) atoms. The minimum Gasteiger partial charge on any atom is -0.460 e. The number of rotatable bonds is 3. The summed E-state index contributed by atoms with van der Waals surface area (Å²) in [4.78, 5) is 57.5. The lowest BCUT2D eigenvalue weighted by molar-refractivity contribution is -0.197. The van der Waals surface area contributed by atoms with Crippen molar-refractivity contribution in [3.05, 3.63) is 70.3 Å². The third-order valence-electron chi connectivity index (χ3n) is 11.2. The van der Waals surface area contributed by atoms with Crippen molar-refractivity contribution in [3.8, 4) is 0 Å². The van der Waals surface area contributed by atoms with Gasteiger partial charge in [-0.3, -0.25) is 14.4 Å². The maximum absolute atomic E-state index is 14.6. The van der Waals surface area contributed by atoms with Crippen LogP contribution in [0.15, 0.2) is 36.4 Å². The zero-order valence-electron chi connectivity index (χ0n) is 29.7. The highest BCUT2D eigenvalue weighted by Gasteiger charge is 2.57. The first kappa shape index (κ1) is 35.1. The number of aliphatic hydroxyl groups excluding tert-OH is 3. The van der Waals surface area contributed by atoms with Crippen LogP contribution in [0.5, 0.6) is 0 Å². The van der Waals surface area contributed by atoms with Gasteiger partial charge < -0.3 is 39.5 Å². The Morgan fingerprint density at radius 1 is 0.745 bits per heavy atom. The van der Waals surface area contributed by atoms with Crippen LogP contribution < -0.4 is 0 Å². The average Bonchev–Trinajstić information content (AvgIpc) is 3.72. The van der Waals surface area contributed by atoms with Gasteiger partial charge in [0, 0.05) is 41.8 Å². The number of aliphatic hydroxyl groups is 3. The first-order valence-corrected chi connectivity index (χ1v) is 17.3. The van der Waals surface area contributed by atoms with Crippen LogP contribution >= 0.6 is 0 Å². The summed E-state index contributed by atoms with van der Waals surface area (Å²) in [6.07, 6.45) is -6.84. The topological polar surface area (TPSA) is 197 Å². The number of nitrogens with zero attached hydrogens (tertiary/aromatic N) is 2. The molecule has 0 amide bonds. The van der Waals surface area contributed by atoms with E-state index in [0.29, 0.717) is 33.5 Å². The maximum atomic E-state index is 14.6. The quantitative estimate of drug-likeness (QED) is 0.251. The molecule has 3 aromatic rings. The van der Waals surface area contributed by atoms with Gasteiger partial charge >= 0.3 is 5.97 Å². The molecule has 0 radical (unpaired) electrons. The van der Waals surface area contributed by atoms with Crippen molar-refractivity contribution in [1.82, 2.24) is 19.9 Å². The maximum Gasteiger partial charge on any atom is 0.302 e. The van der Waals surface area contributed by atoms with E-state index >= 15 is 0 Å². The highest BCUT2D eigenvalue weighted by atomic mass is 16.6. The molecule has 0 aliphatic carbocycles. The Bertz CT molecular complexity index is 2110. The highest BCUT2D eigenvalue weighted by Crippen LogP contribution is 2.43. The van der Waals surface area contributed by atoms with E-state index in [9.17, 15) is 29.7 Å². The Hall–Kier alpha value is -4.27. The lowest BCUT2D eigenvalue weighted by Crippen LogP contribution is -2.57. The number of nitrogens with one attached hydrogen (secondary N) is 2. The highest BCUT2D eigenvalue weighted by molar-refractivity contribution is 6.07. The molecule has 10 atom stereocenters. The van der Waals surface area contributed by atoms with Crippen LogP contribution in [-0.2, 0) is 29.8 Å². The fourth-order valence-electron chi connectivity index (χ4n) is 7.98. The van der Waals surface area contributed by atoms with Crippen LogP contribution in [0.25, 0.3) is 22.1 Å². The summed E-state index contributed by atoms with van der Waals surface area (Å²) in [6, 6.07) is 10.5. The van der Waals surface area contributed by atoms with Crippen LogP contribution in [0.4, 0.5) is 0 Å². The lowest BCUT2D eigenvalue weighted by Gasteiger charge is -2.44. The molecule has 2 fully saturated rings. The van der Waals surface area contributed by atoms with Crippen molar-refractivity contribution in [2.75, 3.05) is 0 Å². The lowest BCUT2D eigenvalue weighted by atomic mass is 9.73. The average molecular weight is 701 g/mol. The summed E-state index contributed by atoms with van der Waals surface area (Å²) in [5.74, 6) is -1.23. The van der Waals surface area contributed by atoms with Gasteiger partial charge in [-0.15, -0.1) is 0 Å². The van der Waals surface area contributed by atoms with E-state index in [1.807, 2.05) is 26.0 Å². The molecule has 7 heterocycles. The number of fused-ring (bicyclic) bond motifs is 8. The van der Waals surface area contributed by atoms with Gasteiger partial charge in [0.05, 0.1) is 41.9 Å². The van der Waals surface area contributed by atoms with Crippen molar-refractivity contribution in [2.24, 2.45) is 0 Å². The van der Waals surface area contributed by atoms with Gasteiger partial charge in [-0.1, -0.05) is 0 Å². The van der Waals surface area contributed by atoms with Crippen LogP contribution in [0.2, 0.25) is 0 Å². The fourth-order valence-corrected chi connectivity index (χ4v) is 7.98. The monoisotopic (exact) mass is 700 g/mol. The number of carbonyl (C=O) groups is 3. The molecule has 8 bridgehead atoms. The number of esters is 1. The number of hydrogen-bond donors (Lipinski definition) is 5. The van der Waals surface area contributed by atoms with Crippen molar-refractivity contribution in [1.29, 1.82) is 0 Å². The van der Waals surface area contributed by atoms with Gasteiger partial charge in [-0.05, 0) is 89.1 Å². The molecule has 13 heteroatoms. The second kappa shape index (κ2) is 12.4.